The fraction of sp³-hybridized carbons (Fsp3) is 0.250. The van der Waals surface area contributed by atoms with Crippen LogP contribution in [0.4, 0.5) is 24.0 Å². The Balaban J connectivity index is 0.000000559. The molecule has 0 aliphatic heterocycles. The first kappa shape index (κ1) is 30.2. The number of aromatic nitrogens is 1. The fourth-order valence-electron chi connectivity index (χ4n) is 3.52. The Labute approximate surface area is 233 Å². The van der Waals surface area contributed by atoms with Crippen molar-refractivity contribution in [1.82, 2.24) is 4.98 Å². The Morgan fingerprint density at radius 2 is 1.75 bits per heavy atom. The highest BCUT2D eigenvalue weighted by Gasteiger charge is 2.38. The van der Waals surface area contributed by atoms with Crippen LogP contribution >= 0.6 is 11.3 Å². The summed E-state index contributed by atoms with van der Waals surface area (Å²) in [5.74, 6) is -1.23. The van der Waals surface area contributed by atoms with Crippen molar-refractivity contribution in [3.05, 3.63) is 77.9 Å². The number of thiazole rings is 1. The van der Waals surface area contributed by atoms with Crippen molar-refractivity contribution in [3.63, 3.8) is 0 Å². The van der Waals surface area contributed by atoms with Gasteiger partial charge in [0.2, 0.25) is 0 Å². The van der Waals surface area contributed by atoms with Gasteiger partial charge >= 0.3 is 12.1 Å². The quantitative estimate of drug-likeness (QED) is 0.150. The number of hydrogen-bond acceptors (Lipinski definition) is 7. The third kappa shape index (κ3) is 8.09. The number of amidine groups is 1. The lowest BCUT2D eigenvalue weighted by Crippen LogP contribution is -2.21. The number of nitrogens with one attached hydrogen (secondary N) is 1. The van der Waals surface area contributed by atoms with Gasteiger partial charge in [-0.1, -0.05) is 29.5 Å². The number of benzene rings is 3. The van der Waals surface area contributed by atoms with E-state index in [1.807, 2.05) is 75.4 Å². The SMILES string of the molecule is CCOc1cc(CN(c2ccc(C(=N)N)cc2)c2nc3ccccc3s2)ccc1OC(C)C.O=C(O)C(F)(F)F. The number of carbonyl (C=O) groups is 1. The second-order valence-electron chi connectivity index (χ2n) is 8.69. The molecule has 4 rings (SSSR count). The van der Waals surface area contributed by atoms with Crippen LogP contribution < -0.4 is 20.1 Å². The lowest BCUT2D eigenvalue weighted by molar-refractivity contribution is -0.192. The largest absolute Gasteiger partial charge is 0.490 e. The number of carboxylic acid groups (broad SMARTS) is 1. The minimum Gasteiger partial charge on any atom is -0.490 e. The number of nitrogen functional groups attached to an aromatic ring is 1. The van der Waals surface area contributed by atoms with Crippen LogP contribution in [0.5, 0.6) is 11.5 Å². The molecule has 0 spiro atoms. The maximum atomic E-state index is 10.6. The van der Waals surface area contributed by atoms with Gasteiger partial charge in [0.15, 0.2) is 16.6 Å². The number of aliphatic carboxylic acids is 1. The molecule has 1 aromatic heterocycles. The zero-order chi connectivity index (χ0) is 29.4. The van der Waals surface area contributed by atoms with E-state index in [1.165, 1.54) is 0 Å². The van der Waals surface area contributed by atoms with Crippen molar-refractivity contribution < 1.29 is 32.5 Å². The molecule has 12 heteroatoms. The maximum Gasteiger partial charge on any atom is 0.490 e. The Morgan fingerprint density at radius 3 is 2.30 bits per heavy atom. The van der Waals surface area contributed by atoms with Gasteiger partial charge in [0.05, 0.1) is 29.5 Å². The van der Waals surface area contributed by atoms with E-state index in [9.17, 15) is 13.2 Å². The standard InChI is InChI=1S/C26H28N4O2S.C2HF3O2/c1-4-31-23-15-18(9-14-22(23)32-17(2)3)16-30(20-12-10-19(11-13-20)25(27)28)26-29-21-7-5-6-8-24(21)33-26;3-2(4,5)1(6)7/h5-15,17H,4,16H2,1-3H3,(H3,27,28);(H,6,7). The molecule has 8 nitrogen and oxygen atoms in total. The van der Waals surface area contributed by atoms with E-state index in [1.54, 1.807) is 11.3 Å². The van der Waals surface area contributed by atoms with E-state index < -0.39 is 12.1 Å². The van der Waals surface area contributed by atoms with Crippen LogP contribution in [-0.4, -0.2) is 40.8 Å². The van der Waals surface area contributed by atoms with E-state index in [2.05, 4.69) is 17.0 Å². The molecule has 0 bridgehead atoms. The lowest BCUT2D eigenvalue weighted by Gasteiger charge is -2.23. The van der Waals surface area contributed by atoms with Gasteiger partial charge in [0, 0.05) is 11.3 Å². The van der Waals surface area contributed by atoms with Gasteiger partial charge in [-0.3, -0.25) is 5.41 Å². The zero-order valence-electron chi connectivity index (χ0n) is 22.0. The number of ether oxygens (including phenoxy) is 2. The molecule has 0 atom stereocenters. The first-order chi connectivity index (χ1) is 18.9. The van der Waals surface area contributed by atoms with Crippen molar-refractivity contribution in [2.24, 2.45) is 5.73 Å². The molecule has 0 aliphatic carbocycles. The smallest absolute Gasteiger partial charge is 0.490 e. The third-order valence-corrected chi connectivity index (χ3v) is 6.32. The lowest BCUT2D eigenvalue weighted by atomic mass is 10.1. The number of halogens is 3. The van der Waals surface area contributed by atoms with Crippen LogP contribution in [0.2, 0.25) is 0 Å². The number of carboxylic acids is 1. The first-order valence-electron chi connectivity index (χ1n) is 12.2. The number of rotatable bonds is 9. The average molecular weight is 575 g/mol. The number of anilines is 2. The number of para-hydroxylation sites is 1. The summed E-state index contributed by atoms with van der Waals surface area (Å²) in [6.07, 6.45) is -5.02. The van der Waals surface area contributed by atoms with E-state index in [0.717, 1.165) is 38.1 Å². The van der Waals surface area contributed by atoms with Gasteiger partial charge < -0.3 is 25.2 Å². The van der Waals surface area contributed by atoms with Crippen LogP contribution in [0.25, 0.3) is 10.2 Å². The molecular weight excluding hydrogens is 545 g/mol. The summed E-state index contributed by atoms with van der Waals surface area (Å²) in [7, 11) is 0. The number of alkyl halides is 3. The summed E-state index contributed by atoms with van der Waals surface area (Å²) in [5.41, 5.74) is 9.36. The van der Waals surface area contributed by atoms with Gasteiger partial charge in [-0.15, -0.1) is 0 Å². The van der Waals surface area contributed by atoms with Crippen LogP contribution in [0.1, 0.15) is 31.9 Å². The van der Waals surface area contributed by atoms with Gasteiger partial charge in [-0.05, 0) is 74.9 Å². The number of nitrogens with two attached hydrogens (primary N) is 1. The summed E-state index contributed by atoms with van der Waals surface area (Å²) in [6.45, 7) is 7.13. The molecule has 0 fully saturated rings. The highest BCUT2D eigenvalue weighted by molar-refractivity contribution is 7.22. The van der Waals surface area contributed by atoms with Crippen LogP contribution in [0.3, 0.4) is 0 Å². The number of hydrogen-bond donors (Lipinski definition) is 3. The molecule has 0 radical (unpaired) electrons. The van der Waals surface area contributed by atoms with E-state index in [4.69, 9.17) is 35.5 Å². The maximum absolute atomic E-state index is 10.6. The topological polar surface area (TPSA) is 122 Å². The van der Waals surface area contributed by atoms with Crippen molar-refractivity contribution in [3.8, 4) is 11.5 Å². The van der Waals surface area contributed by atoms with E-state index in [0.29, 0.717) is 18.7 Å². The molecule has 0 unspecified atom stereocenters. The Hall–Kier alpha value is -4.32. The number of fused-ring (bicyclic) bond motifs is 1. The molecule has 1 heterocycles. The molecule has 212 valence electrons. The van der Waals surface area contributed by atoms with Crippen molar-refractivity contribution in [2.75, 3.05) is 11.5 Å². The Kier molecular flexibility index (Phi) is 9.94. The molecule has 0 saturated carbocycles. The molecule has 4 aromatic rings. The predicted octanol–water partition coefficient (Wildman–Crippen LogP) is 6.74. The Morgan fingerprint density at radius 1 is 1.10 bits per heavy atom. The predicted molar refractivity (Wildman–Crippen MR) is 150 cm³/mol. The summed E-state index contributed by atoms with van der Waals surface area (Å²) in [6, 6.07) is 21.9. The average Bonchev–Trinajstić information content (AvgIpc) is 3.32. The van der Waals surface area contributed by atoms with Gasteiger partial charge in [0.25, 0.3) is 0 Å². The van der Waals surface area contributed by atoms with Crippen molar-refractivity contribution in [2.45, 2.75) is 39.6 Å². The molecule has 0 saturated heterocycles. The monoisotopic (exact) mass is 574 g/mol. The second kappa shape index (κ2) is 13.2. The zero-order valence-corrected chi connectivity index (χ0v) is 22.8. The van der Waals surface area contributed by atoms with Crippen molar-refractivity contribution in [1.29, 1.82) is 5.41 Å². The third-order valence-electron chi connectivity index (χ3n) is 5.26. The summed E-state index contributed by atoms with van der Waals surface area (Å²) < 4.78 is 44.7. The van der Waals surface area contributed by atoms with Crippen LogP contribution in [0, 0.1) is 5.41 Å². The summed E-state index contributed by atoms with van der Waals surface area (Å²) in [5, 5.41) is 15.7. The van der Waals surface area contributed by atoms with Crippen LogP contribution in [0.15, 0.2) is 66.7 Å². The molecular formula is C28H29F3N4O4S. The number of nitrogens with zero attached hydrogens (tertiary/aromatic N) is 2. The normalized spacial score (nSPS) is 11.1. The summed E-state index contributed by atoms with van der Waals surface area (Å²) >= 11 is 1.65. The highest BCUT2D eigenvalue weighted by atomic mass is 32.1. The van der Waals surface area contributed by atoms with Gasteiger partial charge in [-0.2, -0.15) is 13.2 Å². The Bertz CT molecular complexity index is 1420. The molecule has 4 N–H and O–H groups in total. The summed E-state index contributed by atoms with van der Waals surface area (Å²) in [4.78, 5) is 15.9. The molecule has 0 aliphatic rings. The van der Waals surface area contributed by atoms with Gasteiger partial charge in [-0.25, -0.2) is 9.78 Å². The van der Waals surface area contributed by atoms with Crippen LogP contribution in [-0.2, 0) is 11.3 Å². The van der Waals surface area contributed by atoms with E-state index in [-0.39, 0.29) is 11.9 Å². The van der Waals surface area contributed by atoms with Crippen molar-refractivity contribution >= 4 is 44.2 Å². The molecule has 3 aromatic carbocycles. The second-order valence-corrected chi connectivity index (χ2v) is 9.70. The van der Waals surface area contributed by atoms with Gasteiger partial charge in [0.1, 0.15) is 5.84 Å². The molecule has 0 amide bonds. The highest BCUT2D eigenvalue weighted by Crippen LogP contribution is 2.36. The fourth-order valence-corrected chi connectivity index (χ4v) is 4.50. The first-order valence-corrected chi connectivity index (χ1v) is 13.0. The molecule has 40 heavy (non-hydrogen) atoms. The minimum absolute atomic E-state index is 0.0511. The minimum atomic E-state index is -5.08. The van der Waals surface area contributed by atoms with E-state index >= 15 is 0 Å².